The predicted octanol–water partition coefficient (Wildman–Crippen LogP) is 1.20. The van der Waals surface area contributed by atoms with E-state index in [2.05, 4.69) is 0 Å². The van der Waals surface area contributed by atoms with Gasteiger partial charge in [-0.25, -0.2) is 13.7 Å². The number of halogens is 4. The van der Waals surface area contributed by atoms with Crippen molar-refractivity contribution in [3.8, 4) is 0 Å². The highest BCUT2D eigenvalue weighted by atomic mass is 35.5. The molecular weight excluding hydrogens is 308 g/mol. The van der Waals surface area contributed by atoms with Crippen molar-refractivity contribution < 1.29 is 17.5 Å². The maximum absolute atomic E-state index is 10.4. The van der Waals surface area contributed by atoms with E-state index in [1.54, 1.807) is 5.32 Å². The molecule has 0 heterocycles. The quantitative estimate of drug-likeness (QED) is 0.412. The zero-order valence-electron chi connectivity index (χ0n) is 5.54. The van der Waals surface area contributed by atoms with E-state index in [-0.39, 0.29) is 0 Å². The molecule has 0 rings (SSSR count). The first-order valence-electron chi connectivity index (χ1n) is 2.36. The number of alkyl halides is 4. The van der Waals surface area contributed by atoms with Gasteiger partial charge >= 0.3 is 0 Å². The molecule has 0 radical (unpaired) electrons. The summed E-state index contributed by atoms with van der Waals surface area (Å²) in [4.78, 5) is 0. The van der Waals surface area contributed by atoms with Crippen molar-refractivity contribution in [3.05, 3.63) is 0 Å². The minimum Gasteiger partial charge on any atom is -0.303 e. The fraction of sp³-hybridized carbons (Fsp3) is 1.00. The summed E-state index contributed by atoms with van der Waals surface area (Å²) in [7, 11) is 0. The molecule has 2 unspecified atom stereocenters. The molecule has 80 valence electrons. The summed E-state index contributed by atoms with van der Waals surface area (Å²) in [6.45, 7) is 0. The van der Waals surface area contributed by atoms with Gasteiger partial charge in [0.05, 0.1) is 0 Å². The van der Waals surface area contributed by atoms with E-state index >= 15 is 0 Å². The van der Waals surface area contributed by atoms with Crippen LogP contribution in [0.2, 0.25) is 0 Å². The summed E-state index contributed by atoms with van der Waals surface area (Å²) in [6, 6.07) is 0. The molecule has 0 spiro atoms. The molecule has 0 aromatic rings. The Morgan fingerprint density at radius 1 is 0.923 bits per heavy atom. The van der Waals surface area contributed by atoms with Gasteiger partial charge < -0.3 is 9.11 Å². The van der Waals surface area contributed by atoms with E-state index in [9.17, 15) is 8.42 Å². The van der Waals surface area contributed by atoms with Crippen LogP contribution in [0.15, 0.2) is 0 Å². The lowest BCUT2D eigenvalue weighted by Crippen LogP contribution is -2.50. The minimum atomic E-state index is -2.73. The topological polar surface area (TPSA) is 86.6 Å². The molecule has 0 aliphatic rings. The van der Waals surface area contributed by atoms with Crippen LogP contribution in [0.3, 0.4) is 0 Å². The van der Waals surface area contributed by atoms with Gasteiger partial charge in [-0.3, -0.25) is 0 Å². The lowest BCUT2D eigenvalue weighted by molar-refractivity contribution is 0.523. The number of hydrogen-bond acceptors (Lipinski definition) is 3. The number of rotatable bonds is 4. The van der Waals surface area contributed by atoms with Gasteiger partial charge in [0.15, 0.2) is 0 Å². The molecule has 0 saturated carbocycles. The lowest BCUT2D eigenvalue weighted by atomic mass is 11.2. The molecule has 0 fully saturated rings. The Morgan fingerprint density at radius 2 is 1.15 bits per heavy atom. The van der Waals surface area contributed by atoms with Crippen molar-refractivity contribution in [3.63, 3.8) is 0 Å². The van der Waals surface area contributed by atoms with Crippen LogP contribution in [-0.4, -0.2) is 25.1 Å². The summed E-state index contributed by atoms with van der Waals surface area (Å²) in [6.07, 6.45) is 0. The summed E-state index contributed by atoms with van der Waals surface area (Å²) in [5.74, 6) is 0. The van der Waals surface area contributed by atoms with Gasteiger partial charge in [0.2, 0.25) is 22.2 Å². The monoisotopic (exact) mass is 309 g/mol. The molecule has 0 saturated heterocycles. The Hall–Kier alpha value is 1.34. The van der Waals surface area contributed by atoms with Crippen molar-refractivity contribution in [2.24, 2.45) is 0 Å². The molecule has 5 nitrogen and oxygen atoms in total. The van der Waals surface area contributed by atoms with Gasteiger partial charge in [-0.1, -0.05) is 46.4 Å². The van der Waals surface area contributed by atoms with Crippen LogP contribution in [0.4, 0.5) is 0 Å². The van der Waals surface area contributed by atoms with Crippen LogP contribution in [0.25, 0.3) is 0 Å². The molecule has 0 aromatic carbocycles. The fourth-order valence-corrected chi connectivity index (χ4v) is 1.79. The van der Waals surface area contributed by atoms with E-state index in [1.165, 1.54) is 0 Å². The molecule has 11 heteroatoms. The van der Waals surface area contributed by atoms with Gasteiger partial charge in [-0.05, 0) is 0 Å². The SMILES string of the molecule is O=S(O)C(Cl)(Cl)NC(Cl)(Cl)S(=O)O. The Morgan fingerprint density at radius 3 is 1.31 bits per heavy atom. The zero-order valence-corrected chi connectivity index (χ0v) is 10.2. The van der Waals surface area contributed by atoms with Crippen molar-refractivity contribution in [1.29, 1.82) is 0 Å². The summed E-state index contributed by atoms with van der Waals surface area (Å²) >= 11 is 15.3. The maximum atomic E-state index is 10.4. The van der Waals surface area contributed by atoms with Crippen molar-refractivity contribution in [1.82, 2.24) is 5.32 Å². The molecule has 0 amide bonds. The van der Waals surface area contributed by atoms with Crippen LogP contribution >= 0.6 is 46.4 Å². The first-order chi connectivity index (χ1) is 5.59. The third-order valence-corrected chi connectivity index (χ3v) is 3.77. The molecule has 0 aliphatic carbocycles. The second-order valence-electron chi connectivity index (χ2n) is 1.66. The highest BCUT2D eigenvalue weighted by molar-refractivity contribution is 7.85. The Bertz CT molecular complexity index is 220. The molecular formula is C2H3Cl4NO4S2. The third kappa shape index (κ3) is 4.59. The lowest BCUT2D eigenvalue weighted by Gasteiger charge is -2.24. The van der Waals surface area contributed by atoms with Gasteiger partial charge in [0, 0.05) is 0 Å². The molecule has 2 atom stereocenters. The predicted molar refractivity (Wildman–Crippen MR) is 53.6 cm³/mol. The first-order valence-corrected chi connectivity index (χ1v) is 6.09. The zero-order chi connectivity index (χ0) is 10.9. The van der Waals surface area contributed by atoms with Crippen LogP contribution in [-0.2, 0) is 22.2 Å². The Labute approximate surface area is 98.6 Å². The van der Waals surface area contributed by atoms with E-state index < -0.39 is 29.7 Å². The van der Waals surface area contributed by atoms with E-state index in [1.807, 2.05) is 0 Å². The van der Waals surface area contributed by atoms with Crippen molar-refractivity contribution in [2.75, 3.05) is 0 Å². The first kappa shape index (κ1) is 14.3. The van der Waals surface area contributed by atoms with E-state index in [0.717, 1.165) is 0 Å². The van der Waals surface area contributed by atoms with Crippen LogP contribution in [0, 0.1) is 0 Å². The normalized spacial score (nSPS) is 18.3. The third-order valence-electron chi connectivity index (χ3n) is 0.730. The van der Waals surface area contributed by atoms with Gasteiger partial charge in [0.1, 0.15) is 0 Å². The van der Waals surface area contributed by atoms with Crippen molar-refractivity contribution in [2.45, 2.75) is 7.58 Å². The van der Waals surface area contributed by atoms with Crippen LogP contribution in [0.5, 0.6) is 0 Å². The van der Waals surface area contributed by atoms with Crippen LogP contribution < -0.4 is 5.32 Å². The minimum absolute atomic E-state index is 1.69. The number of hydrogen-bond donors (Lipinski definition) is 3. The van der Waals surface area contributed by atoms with Gasteiger partial charge in [0.25, 0.3) is 7.58 Å². The highest BCUT2D eigenvalue weighted by Gasteiger charge is 2.43. The Balaban J connectivity index is 4.61. The Kier molecular flexibility index (Phi) is 5.42. The van der Waals surface area contributed by atoms with E-state index in [4.69, 9.17) is 55.5 Å². The second-order valence-corrected chi connectivity index (χ2v) is 7.43. The van der Waals surface area contributed by atoms with E-state index in [0.29, 0.717) is 0 Å². The molecule has 3 N–H and O–H groups in total. The van der Waals surface area contributed by atoms with Gasteiger partial charge in [-0.2, -0.15) is 0 Å². The van der Waals surface area contributed by atoms with Gasteiger partial charge in [-0.15, -0.1) is 0 Å². The molecule has 0 bridgehead atoms. The number of nitrogens with one attached hydrogen (secondary N) is 1. The summed E-state index contributed by atoms with van der Waals surface area (Å²) in [5, 5.41) is 1.69. The highest BCUT2D eigenvalue weighted by Crippen LogP contribution is 2.30. The maximum Gasteiger partial charge on any atom is 0.274 e. The molecule has 0 aliphatic heterocycles. The summed E-state index contributed by atoms with van der Waals surface area (Å²) < 4.78 is 32.9. The van der Waals surface area contributed by atoms with Crippen molar-refractivity contribution >= 4 is 68.6 Å². The van der Waals surface area contributed by atoms with Crippen LogP contribution in [0.1, 0.15) is 0 Å². The average molecular weight is 311 g/mol. The largest absolute Gasteiger partial charge is 0.303 e. The summed E-state index contributed by atoms with van der Waals surface area (Å²) in [5.41, 5.74) is 0. The smallest absolute Gasteiger partial charge is 0.274 e. The second kappa shape index (κ2) is 4.91. The fourth-order valence-electron chi connectivity index (χ4n) is 0.257. The molecule has 13 heavy (non-hydrogen) atoms. The average Bonchev–Trinajstić information content (AvgIpc) is 1.83. The molecule has 0 aromatic heterocycles. The standard InChI is InChI=1S/C2H3Cl4NO4S2/c3-1(4,12(8)9)7-2(5,6)13(10)11/h7H,(H,8,9)(H,10,11).